The van der Waals surface area contributed by atoms with Crippen LogP contribution in [0.15, 0.2) is 0 Å². The van der Waals surface area contributed by atoms with Gasteiger partial charge in [-0.2, -0.15) is 0 Å². The van der Waals surface area contributed by atoms with Crippen molar-refractivity contribution < 1.29 is 9.90 Å². The van der Waals surface area contributed by atoms with Gasteiger partial charge in [-0.3, -0.25) is 4.79 Å². The Kier molecular flexibility index (Phi) is 3.75. The van der Waals surface area contributed by atoms with Crippen LogP contribution in [-0.4, -0.2) is 11.1 Å². The number of rotatable bonds is 3. The van der Waals surface area contributed by atoms with Crippen LogP contribution in [0, 0.1) is 17.3 Å². The normalized spacial score (nSPS) is 17.1. The summed E-state index contributed by atoms with van der Waals surface area (Å²) in [6.07, 6.45) is 0.959. The molecule has 72 valence electrons. The molecule has 0 amide bonds. The SMILES string of the molecule is CC(CC(C)(C)C)[C@H](C)C(=O)O. The Bertz CT molecular complexity index is 156. The molecule has 0 aromatic heterocycles. The second kappa shape index (κ2) is 3.92. The lowest BCUT2D eigenvalue weighted by molar-refractivity contribution is -0.143. The zero-order valence-electron chi connectivity index (χ0n) is 8.72. The van der Waals surface area contributed by atoms with Gasteiger partial charge >= 0.3 is 5.97 Å². The van der Waals surface area contributed by atoms with E-state index in [-0.39, 0.29) is 17.3 Å². The van der Waals surface area contributed by atoms with Crippen LogP contribution in [0.25, 0.3) is 0 Å². The first-order chi connectivity index (χ1) is 5.24. The van der Waals surface area contributed by atoms with Gasteiger partial charge in [0.05, 0.1) is 5.92 Å². The van der Waals surface area contributed by atoms with Crippen LogP contribution in [0.3, 0.4) is 0 Å². The van der Waals surface area contributed by atoms with Gasteiger partial charge in [-0.25, -0.2) is 0 Å². The molecular weight excluding hydrogens is 152 g/mol. The second-order valence-electron chi connectivity index (χ2n) is 4.87. The summed E-state index contributed by atoms with van der Waals surface area (Å²) < 4.78 is 0. The van der Waals surface area contributed by atoms with E-state index in [1.54, 1.807) is 6.92 Å². The van der Waals surface area contributed by atoms with E-state index < -0.39 is 5.97 Å². The molecule has 0 saturated heterocycles. The molecule has 0 fully saturated rings. The van der Waals surface area contributed by atoms with E-state index in [2.05, 4.69) is 20.8 Å². The summed E-state index contributed by atoms with van der Waals surface area (Å²) in [6.45, 7) is 10.2. The van der Waals surface area contributed by atoms with Crippen molar-refractivity contribution in [2.75, 3.05) is 0 Å². The summed E-state index contributed by atoms with van der Waals surface area (Å²) in [6, 6.07) is 0. The number of carbonyl (C=O) groups is 1. The summed E-state index contributed by atoms with van der Waals surface area (Å²) >= 11 is 0. The molecule has 0 rings (SSSR count). The molecule has 0 radical (unpaired) electrons. The second-order valence-corrected chi connectivity index (χ2v) is 4.87. The lowest BCUT2D eigenvalue weighted by atomic mass is 9.80. The first-order valence-electron chi connectivity index (χ1n) is 4.47. The van der Waals surface area contributed by atoms with Crippen LogP contribution < -0.4 is 0 Å². The standard InChI is InChI=1S/C10H20O2/c1-7(6-10(3,4)5)8(2)9(11)12/h7-8H,6H2,1-5H3,(H,11,12)/t7?,8-/m0/s1. The van der Waals surface area contributed by atoms with E-state index in [4.69, 9.17) is 5.11 Å². The molecule has 0 bridgehead atoms. The predicted molar refractivity (Wildman–Crippen MR) is 50.0 cm³/mol. The average molecular weight is 172 g/mol. The van der Waals surface area contributed by atoms with Crippen LogP contribution in [0.2, 0.25) is 0 Å². The maximum absolute atomic E-state index is 10.6. The van der Waals surface area contributed by atoms with Gasteiger partial charge in [0.2, 0.25) is 0 Å². The molecular formula is C10H20O2. The van der Waals surface area contributed by atoms with Crippen molar-refractivity contribution in [1.82, 2.24) is 0 Å². The largest absolute Gasteiger partial charge is 0.481 e. The maximum atomic E-state index is 10.6. The topological polar surface area (TPSA) is 37.3 Å². The van der Waals surface area contributed by atoms with Crippen LogP contribution >= 0.6 is 0 Å². The average Bonchev–Trinajstić information content (AvgIpc) is 1.82. The number of hydrogen-bond donors (Lipinski definition) is 1. The highest BCUT2D eigenvalue weighted by atomic mass is 16.4. The zero-order valence-corrected chi connectivity index (χ0v) is 8.72. The van der Waals surface area contributed by atoms with E-state index >= 15 is 0 Å². The Morgan fingerprint density at radius 2 is 1.75 bits per heavy atom. The Morgan fingerprint density at radius 3 is 2.00 bits per heavy atom. The van der Waals surface area contributed by atoms with Crippen molar-refractivity contribution in [3.8, 4) is 0 Å². The Hall–Kier alpha value is -0.530. The first-order valence-corrected chi connectivity index (χ1v) is 4.47. The smallest absolute Gasteiger partial charge is 0.306 e. The van der Waals surface area contributed by atoms with Crippen molar-refractivity contribution in [2.45, 2.75) is 41.0 Å². The van der Waals surface area contributed by atoms with Crippen molar-refractivity contribution >= 4 is 5.97 Å². The monoisotopic (exact) mass is 172 g/mol. The molecule has 0 spiro atoms. The summed E-state index contributed by atoms with van der Waals surface area (Å²) in [5.74, 6) is -0.668. The van der Waals surface area contributed by atoms with Gasteiger partial charge in [-0.05, 0) is 17.8 Å². The maximum Gasteiger partial charge on any atom is 0.306 e. The lowest BCUT2D eigenvalue weighted by Gasteiger charge is -2.25. The van der Waals surface area contributed by atoms with E-state index in [9.17, 15) is 4.79 Å². The third kappa shape index (κ3) is 4.37. The van der Waals surface area contributed by atoms with E-state index in [1.807, 2.05) is 6.92 Å². The zero-order chi connectivity index (χ0) is 9.94. The van der Waals surface area contributed by atoms with Gasteiger partial charge in [-0.1, -0.05) is 34.6 Å². The fourth-order valence-electron chi connectivity index (χ4n) is 1.39. The van der Waals surface area contributed by atoms with Gasteiger partial charge in [0.1, 0.15) is 0 Å². The first kappa shape index (κ1) is 11.5. The minimum atomic E-state index is -0.688. The molecule has 2 nitrogen and oxygen atoms in total. The van der Waals surface area contributed by atoms with Crippen LogP contribution in [0.5, 0.6) is 0 Å². The van der Waals surface area contributed by atoms with Gasteiger partial charge < -0.3 is 5.11 Å². The van der Waals surface area contributed by atoms with E-state index in [0.717, 1.165) is 6.42 Å². The number of hydrogen-bond acceptors (Lipinski definition) is 1. The molecule has 0 aliphatic carbocycles. The molecule has 0 heterocycles. The van der Waals surface area contributed by atoms with Crippen molar-refractivity contribution in [1.29, 1.82) is 0 Å². The fraction of sp³-hybridized carbons (Fsp3) is 0.900. The van der Waals surface area contributed by atoms with Crippen LogP contribution in [0.4, 0.5) is 0 Å². The summed E-state index contributed by atoms with van der Waals surface area (Å²) in [4.78, 5) is 10.6. The number of carboxylic acids is 1. The number of carboxylic acid groups (broad SMARTS) is 1. The molecule has 0 saturated carbocycles. The highest BCUT2D eigenvalue weighted by molar-refractivity contribution is 5.69. The molecule has 0 aromatic rings. The third-order valence-corrected chi connectivity index (χ3v) is 2.18. The molecule has 0 aromatic carbocycles. The van der Waals surface area contributed by atoms with Crippen molar-refractivity contribution in [3.63, 3.8) is 0 Å². The molecule has 12 heavy (non-hydrogen) atoms. The molecule has 0 aliphatic heterocycles. The quantitative estimate of drug-likeness (QED) is 0.710. The van der Waals surface area contributed by atoms with Gasteiger partial charge in [0.25, 0.3) is 0 Å². The summed E-state index contributed by atoms with van der Waals surface area (Å²) in [7, 11) is 0. The Morgan fingerprint density at radius 1 is 1.33 bits per heavy atom. The summed E-state index contributed by atoms with van der Waals surface area (Å²) in [5, 5.41) is 8.75. The van der Waals surface area contributed by atoms with Gasteiger partial charge in [0.15, 0.2) is 0 Å². The van der Waals surface area contributed by atoms with E-state index in [0.29, 0.717) is 0 Å². The minimum Gasteiger partial charge on any atom is -0.481 e. The van der Waals surface area contributed by atoms with Crippen molar-refractivity contribution in [2.24, 2.45) is 17.3 Å². The molecule has 2 heteroatoms. The highest BCUT2D eigenvalue weighted by Gasteiger charge is 2.23. The lowest BCUT2D eigenvalue weighted by Crippen LogP contribution is -2.22. The molecule has 1 N–H and O–H groups in total. The fourth-order valence-corrected chi connectivity index (χ4v) is 1.39. The highest BCUT2D eigenvalue weighted by Crippen LogP contribution is 2.28. The van der Waals surface area contributed by atoms with Gasteiger partial charge in [0, 0.05) is 0 Å². The summed E-state index contributed by atoms with van der Waals surface area (Å²) in [5.41, 5.74) is 0.225. The Balaban J connectivity index is 4.04. The van der Waals surface area contributed by atoms with E-state index in [1.165, 1.54) is 0 Å². The van der Waals surface area contributed by atoms with Gasteiger partial charge in [-0.15, -0.1) is 0 Å². The minimum absolute atomic E-state index is 0.225. The Labute approximate surface area is 75.0 Å². The molecule has 2 atom stereocenters. The molecule has 1 unspecified atom stereocenters. The third-order valence-electron chi connectivity index (χ3n) is 2.18. The predicted octanol–water partition coefficient (Wildman–Crippen LogP) is 2.78. The number of aliphatic carboxylic acids is 1. The van der Waals surface area contributed by atoms with Crippen LogP contribution in [-0.2, 0) is 4.79 Å². The van der Waals surface area contributed by atoms with Crippen molar-refractivity contribution in [3.05, 3.63) is 0 Å². The van der Waals surface area contributed by atoms with Crippen LogP contribution in [0.1, 0.15) is 41.0 Å². The molecule has 0 aliphatic rings.